The van der Waals surface area contributed by atoms with Crippen molar-refractivity contribution in [3.05, 3.63) is 34.2 Å². The highest BCUT2D eigenvalue weighted by Gasteiger charge is 2.13. The average molecular weight is 264 g/mol. The molecule has 0 atom stereocenters. The van der Waals surface area contributed by atoms with Gasteiger partial charge in [-0.2, -0.15) is 0 Å². The molecule has 0 spiro atoms. The Morgan fingerprint density at radius 2 is 2.05 bits per heavy atom. The van der Waals surface area contributed by atoms with Crippen LogP contribution >= 0.6 is 0 Å². The van der Waals surface area contributed by atoms with Gasteiger partial charge in [-0.3, -0.25) is 14.5 Å². The van der Waals surface area contributed by atoms with Crippen LogP contribution in [0.25, 0.3) is 0 Å². The molecular weight excluding hydrogens is 244 g/mol. The maximum absolute atomic E-state index is 11.8. The van der Waals surface area contributed by atoms with Gasteiger partial charge in [0, 0.05) is 45.3 Å². The molecule has 0 aliphatic carbocycles. The van der Waals surface area contributed by atoms with Gasteiger partial charge in [0.1, 0.15) is 5.69 Å². The van der Waals surface area contributed by atoms with Crippen molar-refractivity contribution in [1.82, 2.24) is 20.1 Å². The second kappa shape index (κ2) is 6.49. The van der Waals surface area contributed by atoms with Crippen LogP contribution in [0, 0.1) is 0 Å². The molecule has 6 nitrogen and oxygen atoms in total. The summed E-state index contributed by atoms with van der Waals surface area (Å²) in [5, 5.41) is 2.82. The van der Waals surface area contributed by atoms with E-state index in [1.54, 1.807) is 12.1 Å². The largest absolute Gasteiger partial charge is 0.349 e. The van der Waals surface area contributed by atoms with Crippen LogP contribution in [0.5, 0.6) is 0 Å². The van der Waals surface area contributed by atoms with Gasteiger partial charge in [-0.1, -0.05) is 6.07 Å². The first-order chi connectivity index (χ1) is 9.15. The van der Waals surface area contributed by atoms with Crippen LogP contribution in [0.3, 0.4) is 0 Å². The van der Waals surface area contributed by atoms with E-state index in [2.05, 4.69) is 27.1 Å². The fourth-order valence-electron chi connectivity index (χ4n) is 2.07. The van der Waals surface area contributed by atoms with Crippen LogP contribution in [0.1, 0.15) is 10.5 Å². The van der Waals surface area contributed by atoms with Gasteiger partial charge in [0.2, 0.25) is 5.56 Å². The normalized spacial score (nSPS) is 17.3. The minimum Gasteiger partial charge on any atom is -0.349 e. The zero-order valence-electron chi connectivity index (χ0n) is 11.2. The van der Waals surface area contributed by atoms with Gasteiger partial charge < -0.3 is 15.2 Å². The third kappa shape index (κ3) is 4.18. The molecule has 104 valence electrons. The van der Waals surface area contributed by atoms with Gasteiger partial charge in [-0.05, 0) is 13.1 Å². The van der Waals surface area contributed by atoms with Crippen molar-refractivity contribution in [2.75, 3.05) is 46.3 Å². The van der Waals surface area contributed by atoms with Gasteiger partial charge in [0.15, 0.2) is 0 Å². The molecule has 0 radical (unpaired) electrons. The first-order valence-electron chi connectivity index (χ1n) is 6.53. The minimum absolute atomic E-state index is 0.230. The van der Waals surface area contributed by atoms with Crippen LogP contribution in [-0.4, -0.2) is 67.0 Å². The van der Waals surface area contributed by atoms with Gasteiger partial charge >= 0.3 is 0 Å². The summed E-state index contributed by atoms with van der Waals surface area (Å²) in [6, 6.07) is 4.57. The molecule has 2 N–H and O–H groups in total. The smallest absolute Gasteiger partial charge is 0.267 e. The molecule has 1 aliphatic rings. The molecule has 0 bridgehead atoms. The Labute approximate surface area is 112 Å². The zero-order valence-corrected chi connectivity index (χ0v) is 11.2. The van der Waals surface area contributed by atoms with Gasteiger partial charge in [0.05, 0.1) is 0 Å². The third-order valence-corrected chi connectivity index (χ3v) is 3.32. The van der Waals surface area contributed by atoms with E-state index < -0.39 is 0 Å². The van der Waals surface area contributed by atoms with Crippen LogP contribution in [-0.2, 0) is 0 Å². The van der Waals surface area contributed by atoms with Crippen molar-refractivity contribution in [2.45, 2.75) is 0 Å². The Kier molecular flexibility index (Phi) is 4.70. The second-order valence-corrected chi connectivity index (χ2v) is 4.83. The number of pyridine rings is 1. The molecule has 1 aromatic rings. The summed E-state index contributed by atoms with van der Waals surface area (Å²) in [7, 11) is 2.12. The van der Waals surface area contributed by atoms with Crippen LogP contribution in [0.15, 0.2) is 23.0 Å². The molecule has 0 unspecified atom stereocenters. The number of rotatable bonds is 4. The lowest BCUT2D eigenvalue weighted by Gasteiger charge is -2.32. The number of aromatic amines is 1. The van der Waals surface area contributed by atoms with E-state index in [1.807, 2.05) is 0 Å². The number of hydrogen-bond donors (Lipinski definition) is 2. The summed E-state index contributed by atoms with van der Waals surface area (Å²) in [5.41, 5.74) is 0.0533. The Bertz CT molecular complexity index is 478. The molecule has 19 heavy (non-hydrogen) atoms. The van der Waals surface area contributed by atoms with Crippen molar-refractivity contribution in [3.63, 3.8) is 0 Å². The molecule has 0 saturated carbocycles. The number of amides is 1. The first-order valence-corrected chi connectivity index (χ1v) is 6.53. The van der Waals surface area contributed by atoms with Crippen LogP contribution in [0.4, 0.5) is 0 Å². The molecule has 1 amide bonds. The fourth-order valence-corrected chi connectivity index (χ4v) is 2.07. The van der Waals surface area contributed by atoms with Gasteiger partial charge in [-0.15, -0.1) is 0 Å². The standard InChI is InChI=1S/C13H20N4O2/c1-16-7-9-17(10-8-16)6-5-14-13(19)11-3-2-4-12(18)15-11/h2-4H,5-10H2,1H3,(H,14,19)(H,15,18). The van der Waals surface area contributed by atoms with Crippen molar-refractivity contribution in [3.8, 4) is 0 Å². The molecule has 1 fully saturated rings. The molecule has 2 rings (SSSR count). The number of nitrogens with one attached hydrogen (secondary N) is 2. The van der Waals surface area contributed by atoms with Crippen LogP contribution in [0.2, 0.25) is 0 Å². The second-order valence-electron chi connectivity index (χ2n) is 4.83. The number of H-pyrrole nitrogens is 1. The lowest BCUT2D eigenvalue weighted by molar-refractivity contribution is 0.0936. The number of carbonyl (C=O) groups is 1. The highest BCUT2D eigenvalue weighted by molar-refractivity contribution is 5.92. The maximum atomic E-state index is 11.8. The van der Waals surface area contributed by atoms with Crippen molar-refractivity contribution in [2.24, 2.45) is 0 Å². The van der Waals surface area contributed by atoms with Gasteiger partial charge in [0.25, 0.3) is 5.91 Å². The van der Waals surface area contributed by atoms with Gasteiger partial charge in [-0.25, -0.2) is 0 Å². The van der Waals surface area contributed by atoms with E-state index in [0.717, 1.165) is 32.7 Å². The Morgan fingerprint density at radius 3 is 2.74 bits per heavy atom. The number of aromatic nitrogens is 1. The molecule has 6 heteroatoms. The van der Waals surface area contributed by atoms with E-state index in [1.165, 1.54) is 6.07 Å². The summed E-state index contributed by atoms with van der Waals surface area (Å²) in [5.74, 6) is -0.230. The summed E-state index contributed by atoms with van der Waals surface area (Å²) in [6.45, 7) is 5.65. The summed E-state index contributed by atoms with van der Waals surface area (Å²) in [6.07, 6.45) is 0. The minimum atomic E-state index is -0.258. The molecule has 2 heterocycles. The van der Waals surface area contributed by atoms with Crippen LogP contribution < -0.4 is 10.9 Å². The molecule has 0 aromatic carbocycles. The lowest BCUT2D eigenvalue weighted by Crippen LogP contribution is -2.47. The van der Waals surface area contributed by atoms with Crippen molar-refractivity contribution < 1.29 is 4.79 Å². The quantitative estimate of drug-likeness (QED) is 0.758. The number of piperazine rings is 1. The van der Waals surface area contributed by atoms with E-state index in [0.29, 0.717) is 12.2 Å². The highest BCUT2D eigenvalue weighted by atomic mass is 16.2. The molecule has 1 saturated heterocycles. The van der Waals surface area contributed by atoms with E-state index in [4.69, 9.17) is 0 Å². The number of hydrogen-bond acceptors (Lipinski definition) is 4. The zero-order chi connectivity index (χ0) is 13.7. The fraction of sp³-hybridized carbons (Fsp3) is 0.538. The molecular formula is C13H20N4O2. The number of carbonyl (C=O) groups excluding carboxylic acids is 1. The van der Waals surface area contributed by atoms with Crippen molar-refractivity contribution in [1.29, 1.82) is 0 Å². The number of nitrogens with zero attached hydrogens (tertiary/aromatic N) is 2. The third-order valence-electron chi connectivity index (χ3n) is 3.32. The monoisotopic (exact) mass is 264 g/mol. The van der Waals surface area contributed by atoms with E-state index >= 15 is 0 Å². The first kappa shape index (κ1) is 13.8. The summed E-state index contributed by atoms with van der Waals surface area (Å²) < 4.78 is 0. The Hall–Kier alpha value is -1.66. The predicted octanol–water partition coefficient (Wildman–Crippen LogP) is -0.648. The average Bonchev–Trinajstić information content (AvgIpc) is 2.41. The van der Waals surface area contributed by atoms with Crippen molar-refractivity contribution >= 4 is 5.91 Å². The topological polar surface area (TPSA) is 68.4 Å². The Balaban J connectivity index is 1.74. The van der Waals surface area contributed by atoms with E-state index in [-0.39, 0.29) is 11.5 Å². The van der Waals surface area contributed by atoms with E-state index in [9.17, 15) is 9.59 Å². The summed E-state index contributed by atoms with van der Waals surface area (Å²) in [4.78, 5) is 30.0. The lowest BCUT2D eigenvalue weighted by atomic mass is 10.3. The molecule has 1 aliphatic heterocycles. The number of likely N-dealkylation sites (N-methyl/N-ethyl adjacent to an activating group) is 1. The molecule has 1 aromatic heterocycles. The Morgan fingerprint density at radius 1 is 1.32 bits per heavy atom. The predicted molar refractivity (Wildman–Crippen MR) is 73.3 cm³/mol. The summed E-state index contributed by atoms with van der Waals surface area (Å²) >= 11 is 0. The SMILES string of the molecule is CN1CCN(CCNC(=O)c2cccc(=O)[nH]2)CC1. The highest BCUT2D eigenvalue weighted by Crippen LogP contribution is 1.97. The maximum Gasteiger partial charge on any atom is 0.267 e.